The first kappa shape index (κ1) is 7.99. The van der Waals surface area contributed by atoms with Gasteiger partial charge in [0.15, 0.2) is 0 Å². The molecule has 0 N–H and O–H groups in total. The minimum absolute atomic E-state index is 1.07. The molecule has 0 bridgehead atoms. The molecule has 0 saturated heterocycles. The second-order valence-corrected chi connectivity index (χ2v) is 2.71. The van der Waals surface area contributed by atoms with Crippen molar-refractivity contribution in [1.82, 2.24) is 4.98 Å². The van der Waals surface area contributed by atoms with E-state index < -0.39 is 0 Å². The van der Waals surface area contributed by atoms with Gasteiger partial charge in [0, 0.05) is 6.20 Å². The lowest BCUT2D eigenvalue weighted by atomic mass is 10.1. The molecule has 1 aromatic rings. The van der Waals surface area contributed by atoms with E-state index in [0.717, 1.165) is 5.69 Å². The minimum Gasteiger partial charge on any atom is -0.256 e. The summed E-state index contributed by atoms with van der Waals surface area (Å²) < 4.78 is 0. The van der Waals surface area contributed by atoms with Crippen LogP contribution in [0.3, 0.4) is 0 Å². The Hall–Kier alpha value is -1.11. The van der Waals surface area contributed by atoms with Gasteiger partial charge >= 0.3 is 0 Å². The molecule has 0 spiro atoms. The second-order valence-electron chi connectivity index (χ2n) is 2.71. The molecule has 58 valence electrons. The van der Waals surface area contributed by atoms with Crippen molar-refractivity contribution in [3.63, 3.8) is 0 Å². The summed E-state index contributed by atoms with van der Waals surface area (Å²) in [5.74, 6) is 0. The van der Waals surface area contributed by atoms with Gasteiger partial charge in [-0.2, -0.15) is 0 Å². The molecule has 1 rings (SSSR count). The number of hydrogen-bond donors (Lipinski definition) is 0. The maximum atomic E-state index is 4.28. The summed E-state index contributed by atoms with van der Waals surface area (Å²) in [7, 11) is 0. The molecule has 1 heteroatoms. The number of pyridine rings is 1. The van der Waals surface area contributed by atoms with Crippen LogP contribution in [0.15, 0.2) is 18.3 Å². The van der Waals surface area contributed by atoms with Crippen LogP contribution in [0.2, 0.25) is 0 Å². The van der Waals surface area contributed by atoms with E-state index in [1.165, 1.54) is 11.1 Å². The monoisotopic (exact) mass is 147 g/mol. The molecule has 0 amide bonds. The predicted molar refractivity (Wildman–Crippen MR) is 48.4 cm³/mol. The Morgan fingerprint density at radius 1 is 1.36 bits per heavy atom. The summed E-state index contributed by atoms with van der Waals surface area (Å²) in [5, 5.41) is 0. The van der Waals surface area contributed by atoms with Gasteiger partial charge in [0.05, 0.1) is 5.69 Å². The molecule has 0 aliphatic carbocycles. The van der Waals surface area contributed by atoms with Gasteiger partial charge in [-0.1, -0.05) is 12.1 Å². The van der Waals surface area contributed by atoms with Gasteiger partial charge in [-0.3, -0.25) is 4.98 Å². The summed E-state index contributed by atoms with van der Waals surface area (Å²) in [6.07, 6.45) is 5.92. The smallest absolute Gasteiger partial charge is 0.0655 e. The Morgan fingerprint density at radius 2 is 2.09 bits per heavy atom. The maximum Gasteiger partial charge on any atom is 0.0655 e. The summed E-state index contributed by atoms with van der Waals surface area (Å²) in [5.41, 5.74) is 3.52. The fourth-order valence-corrected chi connectivity index (χ4v) is 1.06. The normalized spacial score (nSPS) is 10.8. The molecule has 1 aromatic heterocycles. The van der Waals surface area contributed by atoms with Gasteiger partial charge < -0.3 is 0 Å². The number of nitrogens with zero attached hydrogens (tertiary/aromatic N) is 1. The summed E-state index contributed by atoms with van der Waals surface area (Å²) in [6, 6.07) is 2.14. The second kappa shape index (κ2) is 3.33. The summed E-state index contributed by atoms with van der Waals surface area (Å²) in [6.45, 7) is 6.13. The maximum absolute atomic E-state index is 4.28. The first-order valence-corrected chi connectivity index (χ1v) is 3.80. The fourth-order valence-electron chi connectivity index (χ4n) is 1.06. The molecule has 0 aliphatic heterocycles. The zero-order valence-corrected chi connectivity index (χ0v) is 7.26. The molecule has 0 radical (unpaired) electrons. The van der Waals surface area contributed by atoms with E-state index in [-0.39, 0.29) is 0 Å². The molecule has 0 aliphatic rings. The van der Waals surface area contributed by atoms with Crippen molar-refractivity contribution < 1.29 is 0 Å². The largest absolute Gasteiger partial charge is 0.256 e. The Bertz CT molecular complexity index is 274. The summed E-state index contributed by atoms with van der Waals surface area (Å²) in [4.78, 5) is 4.28. The van der Waals surface area contributed by atoms with E-state index in [4.69, 9.17) is 0 Å². The highest BCUT2D eigenvalue weighted by molar-refractivity contribution is 5.48. The van der Waals surface area contributed by atoms with Crippen LogP contribution < -0.4 is 0 Å². The van der Waals surface area contributed by atoms with Gasteiger partial charge in [0.2, 0.25) is 0 Å². The third kappa shape index (κ3) is 1.90. The van der Waals surface area contributed by atoms with Crippen molar-refractivity contribution in [2.45, 2.75) is 20.8 Å². The third-order valence-electron chi connectivity index (χ3n) is 1.58. The lowest BCUT2D eigenvalue weighted by molar-refractivity contribution is 1.19. The van der Waals surface area contributed by atoms with Crippen LogP contribution in [-0.4, -0.2) is 4.98 Å². The molecular formula is C10H13N. The van der Waals surface area contributed by atoms with Crippen LogP contribution in [0, 0.1) is 13.8 Å². The Balaban J connectivity index is 3.09. The van der Waals surface area contributed by atoms with Gasteiger partial charge in [-0.15, -0.1) is 0 Å². The van der Waals surface area contributed by atoms with Crippen LogP contribution in [0.1, 0.15) is 23.7 Å². The Labute approximate surface area is 67.8 Å². The Kier molecular flexibility index (Phi) is 2.42. The fraction of sp³-hybridized carbons (Fsp3) is 0.300. The van der Waals surface area contributed by atoms with Crippen LogP contribution in [-0.2, 0) is 0 Å². The molecule has 0 fully saturated rings. The Morgan fingerprint density at radius 3 is 2.64 bits per heavy atom. The number of allylic oxidation sites excluding steroid dienone is 1. The molecule has 0 aromatic carbocycles. The number of aromatic nitrogens is 1. The van der Waals surface area contributed by atoms with Crippen molar-refractivity contribution in [3.8, 4) is 0 Å². The number of aryl methyl sites for hydroxylation is 2. The van der Waals surface area contributed by atoms with E-state index in [0.29, 0.717) is 0 Å². The van der Waals surface area contributed by atoms with E-state index in [1.807, 2.05) is 25.3 Å². The topological polar surface area (TPSA) is 12.9 Å². The molecule has 0 atom stereocenters. The van der Waals surface area contributed by atoms with Gasteiger partial charge in [-0.05, 0) is 38.0 Å². The first-order chi connectivity index (χ1) is 5.24. The minimum atomic E-state index is 1.07. The average molecular weight is 147 g/mol. The van der Waals surface area contributed by atoms with Gasteiger partial charge in [0.1, 0.15) is 0 Å². The van der Waals surface area contributed by atoms with Crippen molar-refractivity contribution >= 4 is 6.08 Å². The van der Waals surface area contributed by atoms with Crippen molar-refractivity contribution in [2.24, 2.45) is 0 Å². The third-order valence-corrected chi connectivity index (χ3v) is 1.58. The zero-order valence-electron chi connectivity index (χ0n) is 7.26. The lowest BCUT2D eigenvalue weighted by Crippen LogP contribution is -1.86. The molecule has 0 unspecified atom stereocenters. The predicted octanol–water partition coefficient (Wildman–Crippen LogP) is 2.73. The van der Waals surface area contributed by atoms with Crippen LogP contribution >= 0.6 is 0 Å². The van der Waals surface area contributed by atoms with Crippen molar-refractivity contribution in [2.75, 3.05) is 0 Å². The van der Waals surface area contributed by atoms with Crippen molar-refractivity contribution in [1.29, 1.82) is 0 Å². The van der Waals surface area contributed by atoms with Crippen LogP contribution in [0.4, 0.5) is 0 Å². The van der Waals surface area contributed by atoms with Crippen LogP contribution in [0.5, 0.6) is 0 Å². The quantitative estimate of drug-likeness (QED) is 0.595. The van der Waals surface area contributed by atoms with E-state index in [1.54, 1.807) is 0 Å². The highest BCUT2D eigenvalue weighted by atomic mass is 14.7. The van der Waals surface area contributed by atoms with E-state index in [9.17, 15) is 0 Å². The lowest BCUT2D eigenvalue weighted by Gasteiger charge is -1.99. The molecular weight excluding hydrogens is 134 g/mol. The van der Waals surface area contributed by atoms with Crippen LogP contribution in [0.25, 0.3) is 6.08 Å². The van der Waals surface area contributed by atoms with Gasteiger partial charge in [0.25, 0.3) is 0 Å². The number of rotatable bonds is 1. The van der Waals surface area contributed by atoms with E-state index in [2.05, 4.69) is 24.9 Å². The van der Waals surface area contributed by atoms with E-state index >= 15 is 0 Å². The average Bonchev–Trinajstić information content (AvgIpc) is 1.95. The SMILES string of the molecule is C/C=C\c1ncc(C)cc1C. The van der Waals surface area contributed by atoms with Gasteiger partial charge in [-0.25, -0.2) is 0 Å². The molecule has 1 nitrogen and oxygen atoms in total. The standard InChI is InChI=1S/C10H13N/c1-4-5-10-9(3)6-8(2)7-11-10/h4-7H,1-3H3/b5-4-. The number of hydrogen-bond acceptors (Lipinski definition) is 1. The highest BCUT2D eigenvalue weighted by Gasteiger charge is 1.93. The molecule has 1 heterocycles. The van der Waals surface area contributed by atoms with Crippen molar-refractivity contribution in [3.05, 3.63) is 35.2 Å². The zero-order chi connectivity index (χ0) is 8.27. The highest BCUT2D eigenvalue weighted by Crippen LogP contribution is 2.07. The first-order valence-electron chi connectivity index (χ1n) is 3.80. The molecule has 0 saturated carbocycles. The summed E-state index contributed by atoms with van der Waals surface area (Å²) >= 11 is 0. The molecule has 11 heavy (non-hydrogen) atoms.